The fraction of sp³-hybridized carbons (Fsp3) is 0.517. The second-order valence-electron chi connectivity index (χ2n) is 9.95. The summed E-state index contributed by atoms with van der Waals surface area (Å²) in [6, 6.07) is 14.9. The van der Waals surface area contributed by atoms with Crippen LogP contribution >= 0.6 is 0 Å². The average molecular weight is 447 g/mol. The third-order valence-corrected chi connectivity index (χ3v) is 7.65. The molecule has 2 aliphatic heterocycles. The van der Waals surface area contributed by atoms with Gasteiger partial charge in [0.25, 0.3) is 0 Å². The van der Waals surface area contributed by atoms with Gasteiger partial charge in [-0.15, -0.1) is 0 Å². The Balaban J connectivity index is 1.20. The predicted molar refractivity (Wildman–Crippen MR) is 133 cm³/mol. The van der Waals surface area contributed by atoms with E-state index in [9.17, 15) is 9.59 Å². The maximum atomic E-state index is 12.8. The van der Waals surface area contributed by atoms with Crippen LogP contribution in [0.1, 0.15) is 71.6 Å². The van der Waals surface area contributed by atoms with E-state index in [1.807, 2.05) is 11.0 Å². The van der Waals surface area contributed by atoms with Crippen molar-refractivity contribution in [3.63, 3.8) is 0 Å². The van der Waals surface area contributed by atoms with Crippen LogP contribution < -0.4 is 0 Å². The van der Waals surface area contributed by atoms with Crippen LogP contribution in [0.3, 0.4) is 0 Å². The van der Waals surface area contributed by atoms with E-state index >= 15 is 0 Å². The molecule has 0 bridgehead atoms. The summed E-state index contributed by atoms with van der Waals surface area (Å²) in [6.07, 6.45) is 6.99. The maximum Gasteiger partial charge on any atom is 0.219 e. The minimum atomic E-state index is 0.139. The molecule has 0 radical (unpaired) electrons. The van der Waals surface area contributed by atoms with Crippen LogP contribution in [0.25, 0.3) is 0 Å². The van der Waals surface area contributed by atoms with Gasteiger partial charge in [-0.3, -0.25) is 14.5 Å². The Kier molecular flexibility index (Phi) is 7.97. The first-order valence-electron chi connectivity index (χ1n) is 12.7. The summed E-state index contributed by atoms with van der Waals surface area (Å²) in [5.41, 5.74) is 6.19. The maximum absolute atomic E-state index is 12.8. The number of hydrogen-bond donors (Lipinski definition) is 0. The molecule has 0 spiro atoms. The summed E-state index contributed by atoms with van der Waals surface area (Å²) in [7, 11) is 0. The highest BCUT2D eigenvalue weighted by atomic mass is 16.2. The van der Waals surface area contributed by atoms with Crippen molar-refractivity contribution < 1.29 is 9.59 Å². The molecule has 0 aromatic heterocycles. The molecule has 33 heavy (non-hydrogen) atoms. The molecular formula is C29H38N2O2. The number of hydrogen-bond acceptors (Lipinski definition) is 3. The van der Waals surface area contributed by atoms with Gasteiger partial charge >= 0.3 is 0 Å². The predicted octanol–water partition coefficient (Wildman–Crippen LogP) is 5.21. The Bertz CT molecular complexity index is 975. The van der Waals surface area contributed by atoms with E-state index in [4.69, 9.17) is 0 Å². The van der Waals surface area contributed by atoms with Crippen LogP contribution in [0.2, 0.25) is 0 Å². The fourth-order valence-electron chi connectivity index (χ4n) is 5.37. The van der Waals surface area contributed by atoms with Crippen LogP contribution in [0.4, 0.5) is 0 Å². The van der Waals surface area contributed by atoms with Gasteiger partial charge in [-0.2, -0.15) is 0 Å². The number of benzene rings is 2. The van der Waals surface area contributed by atoms with Gasteiger partial charge in [0.15, 0.2) is 5.78 Å². The Morgan fingerprint density at radius 3 is 2.39 bits per heavy atom. The number of aryl methyl sites for hydroxylation is 1. The van der Waals surface area contributed by atoms with Crippen LogP contribution in [0, 0.1) is 12.8 Å². The Morgan fingerprint density at radius 1 is 0.939 bits per heavy atom. The zero-order valence-corrected chi connectivity index (χ0v) is 20.3. The number of carbonyl (C=O) groups excluding carboxylic acids is 2. The van der Waals surface area contributed by atoms with Gasteiger partial charge < -0.3 is 4.90 Å². The molecule has 1 saturated heterocycles. The molecule has 2 heterocycles. The first-order chi connectivity index (χ1) is 16.0. The molecular weight excluding hydrogens is 408 g/mol. The fourth-order valence-corrected chi connectivity index (χ4v) is 5.37. The van der Waals surface area contributed by atoms with E-state index in [-0.39, 0.29) is 11.7 Å². The van der Waals surface area contributed by atoms with Crippen molar-refractivity contribution in [2.45, 2.75) is 65.3 Å². The van der Waals surface area contributed by atoms with Crippen LogP contribution in [-0.2, 0) is 24.2 Å². The van der Waals surface area contributed by atoms with E-state index in [0.29, 0.717) is 6.42 Å². The molecule has 0 saturated carbocycles. The second kappa shape index (κ2) is 11.1. The zero-order valence-electron chi connectivity index (χ0n) is 20.3. The largest absolute Gasteiger partial charge is 0.342 e. The van der Waals surface area contributed by atoms with Gasteiger partial charge in [0.1, 0.15) is 0 Å². The lowest BCUT2D eigenvalue weighted by molar-refractivity contribution is -0.128. The average Bonchev–Trinajstić information content (AvgIpc) is 3.04. The zero-order chi connectivity index (χ0) is 23.2. The number of amides is 1. The van der Waals surface area contributed by atoms with E-state index in [2.05, 4.69) is 48.2 Å². The molecule has 4 heteroatoms. The van der Waals surface area contributed by atoms with Gasteiger partial charge in [0.2, 0.25) is 5.91 Å². The lowest BCUT2D eigenvalue weighted by Crippen LogP contribution is -2.33. The van der Waals surface area contributed by atoms with Crippen molar-refractivity contribution in [1.82, 2.24) is 9.80 Å². The number of rotatable bonds is 7. The number of Topliss-reactive ketones (excluding diaryl/α,β-unsaturated/α-hetero) is 1. The lowest BCUT2D eigenvalue weighted by Gasteiger charge is -2.32. The standard InChI is InChI=1S/C29H38N2O2/c1-22-6-3-4-8-28(22)21-30-16-12-24(13-17-30)7-5-9-29(33)27-11-10-25-14-18-31(23(2)32)19-15-26(25)20-27/h3-4,6,8,10-11,20,24H,5,7,9,12-19,21H2,1-2H3. The van der Waals surface area contributed by atoms with Crippen molar-refractivity contribution in [3.8, 4) is 0 Å². The van der Waals surface area contributed by atoms with Crippen molar-refractivity contribution in [1.29, 1.82) is 0 Å². The normalized spacial score (nSPS) is 17.5. The molecule has 1 amide bonds. The van der Waals surface area contributed by atoms with E-state index < -0.39 is 0 Å². The highest BCUT2D eigenvalue weighted by Crippen LogP contribution is 2.25. The number of ketones is 1. The number of likely N-dealkylation sites (tertiary alicyclic amines) is 1. The Morgan fingerprint density at radius 2 is 1.67 bits per heavy atom. The lowest BCUT2D eigenvalue weighted by atomic mass is 9.90. The Hall–Kier alpha value is -2.46. The smallest absolute Gasteiger partial charge is 0.219 e. The van der Waals surface area contributed by atoms with Crippen molar-refractivity contribution in [2.75, 3.05) is 26.2 Å². The quantitative estimate of drug-likeness (QED) is 0.549. The van der Waals surface area contributed by atoms with Crippen LogP contribution in [0.5, 0.6) is 0 Å². The molecule has 2 aromatic rings. The van der Waals surface area contributed by atoms with Crippen molar-refractivity contribution in [3.05, 3.63) is 70.3 Å². The molecule has 4 rings (SSSR count). The van der Waals surface area contributed by atoms with Gasteiger partial charge in [-0.1, -0.05) is 36.4 Å². The van der Waals surface area contributed by atoms with Gasteiger partial charge in [-0.25, -0.2) is 0 Å². The monoisotopic (exact) mass is 446 g/mol. The third kappa shape index (κ3) is 6.32. The van der Waals surface area contributed by atoms with Gasteiger partial charge in [-0.05, 0) is 92.8 Å². The van der Waals surface area contributed by atoms with Gasteiger partial charge in [0.05, 0.1) is 0 Å². The van der Waals surface area contributed by atoms with E-state index in [1.54, 1.807) is 6.92 Å². The second-order valence-corrected chi connectivity index (χ2v) is 9.95. The molecule has 2 aliphatic rings. The molecule has 176 valence electrons. The Labute approximate surface area is 199 Å². The van der Waals surface area contributed by atoms with E-state index in [0.717, 1.165) is 69.9 Å². The molecule has 0 atom stereocenters. The summed E-state index contributed by atoms with van der Waals surface area (Å²) in [6.45, 7) is 8.75. The summed E-state index contributed by atoms with van der Waals surface area (Å²) >= 11 is 0. The van der Waals surface area contributed by atoms with Crippen LogP contribution in [0.15, 0.2) is 42.5 Å². The SMILES string of the molecule is CC(=O)N1CCc2ccc(C(=O)CCCC3CCN(Cc4ccccc4C)CC3)cc2CC1. The summed E-state index contributed by atoms with van der Waals surface area (Å²) < 4.78 is 0. The highest BCUT2D eigenvalue weighted by Gasteiger charge is 2.21. The van der Waals surface area contributed by atoms with Gasteiger partial charge in [0, 0.05) is 38.5 Å². The number of fused-ring (bicyclic) bond motifs is 1. The number of piperidine rings is 1. The molecule has 1 fully saturated rings. The molecule has 2 aromatic carbocycles. The van der Waals surface area contributed by atoms with Crippen molar-refractivity contribution >= 4 is 11.7 Å². The highest BCUT2D eigenvalue weighted by molar-refractivity contribution is 5.96. The molecule has 0 aliphatic carbocycles. The molecule has 0 N–H and O–H groups in total. The third-order valence-electron chi connectivity index (χ3n) is 7.65. The summed E-state index contributed by atoms with van der Waals surface area (Å²) in [5, 5.41) is 0. The topological polar surface area (TPSA) is 40.6 Å². The summed E-state index contributed by atoms with van der Waals surface area (Å²) in [4.78, 5) is 29.0. The molecule has 4 nitrogen and oxygen atoms in total. The summed E-state index contributed by atoms with van der Waals surface area (Å²) in [5.74, 6) is 1.15. The number of nitrogens with zero attached hydrogens (tertiary/aromatic N) is 2. The minimum Gasteiger partial charge on any atom is -0.342 e. The first-order valence-corrected chi connectivity index (χ1v) is 12.7. The molecule has 0 unspecified atom stereocenters. The van der Waals surface area contributed by atoms with Crippen LogP contribution in [-0.4, -0.2) is 47.7 Å². The van der Waals surface area contributed by atoms with E-state index in [1.165, 1.54) is 35.1 Å². The first kappa shape index (κ1) is 23.7. The number of carbonyl (C=O) groups is 2. The minimum absolute atomic E-state index is 0.139. The van der Waals surface area contributed by atoms with Crippen molar-refractivity contribution in [2.24, 2.45) is 5.92 Å².